The fourth-order valence-electron chi connectivity index (χ4n) is 7.08. The second-order valence-electron chi connectivity index (χ2n) is 15.1. The summed E-state index contributed by atoms with van der Waals surface area (Å²) in [4.78, 5) is 15.0. The maximum atomic E-state index is 16.7. The Labute approximate surface area is 273 Å². The number of rotatable bonds is 9. The van der Waals surface area contributed by atoms with Crippen molar-refractivity contribution in [2.75, 3.05) is 33.3 Å². The van der Waals surface area contributed by atoms with Gasteiger partial charge in [-0.15, -0.1) is 0 Å². The van der Waals surface area contributed by atoms with Gasteiger partial charge in [0.05, 0.1) is 7.11 Å². The molecule has 0 atom stereocenters. The van der Waals surface area contributed by atoms with Crippen molar-refractivity contribution in [3.63, 3.8) is 0 Å². The minimum Gasteiger partial charge on any atom is -0.496 e. The molecule has 1 fully saturated rings. The number of ether oxygens (including phenoxy) is 1. The highest BCUT2D eigenvalue weighted by Crippen LogP contribution is 2.41. The van der Waals surface area contributed by atoms with Crippen LogP contribution in [0, 0.1) is 0 Å². The molecule has 3 aliphatic heterocycles. The van der Waals surface area contributed by atoms with Crippen LogP contribution in [0.1, 0.15) is 102 Å². The van der Waals surface area contributed by atoms with Crippen LogP contribution in [0.25, 0.3) is 12.2 Å². The van der Waals surface area contributed by atoms with Gasteiger partial charge in [0.2, 0.25) is 5.91 Å². The Kier molecular flexibility index (Phi) is 9.56. The van der Waals surface area contributed by atoms with Gasteiger partial charge in [0.25, 0.3) is 0 Å². The van der Waals surface area contributed by atoms with Crippen molar-refractivity contribution < 1.29 is 22.6 Å². The number of allylic oxidation sites excluding steroid dienone is 3. The predicted molar refractivity (Wildman–Crippen MR) is 186 cm³/mol. The summed E-state index contributed by atoms with van der Waals surface area (Å²) in [5.74, 6) is 0.664. The first-order valence-corrected chi connectivity index (χ1v) is 16.8. The number of nitrogens with zero attached hydrogens (tertiary/aromatic N) is 3. The Morgan fingerprint density at radius 1 is 0.978 bits per heavy atom. The van der Waals surface area contributed by atoms with Crippen LogP contribution in [0.15, 0.2) is 47.7 Å². The average Bonchev–Trinajstić information content (AvgIpc) is 3.55. The van der Waals surface area contributed by atoms with Gasteiger partial charge in [-0.25, -0.2) is 0 Å². The molecule has 0 radical (unpaired) electrons. The Morgan fingerprint density at radius 2 is 1.65 bits per heavy atom. The molecule has 1 aromatic carbocycles. The molecule has 5 rings (SSSR count). The van der Waals surface area contributed by atoms with Crippen LogP contribution in [-0.4, -0.2) is 65.7 Å². The number of halogens is 2. The van der Waals surface area contributed by atoms with Crippen LogP contribution >= 0.6 is 0 Å². The number of aryl methyl sites for hydroxylation is 1. The van der Waals surface area contributed by atoms with Crippen molar-refractivity contribution in [2.24, 2.45) is 0 Å². The number of nitrogens with one attached hydrogen (secondary N) is 1. The molecule has 2 aromatic rings. The van der Waals surface area contributed by atoms with Gasteiger partial charge in [-0.05, 0) is 79.6 Å². The summed E-state index contributed by atoms with van der Waals surface area (Å²) in [6.07, 6.45) is 11.5. The Balaban J connectivity index is 1.43. The van der Waals surface area contributed by atoms with E-state index >= 15 is 8.63 Å². The van der Waals surface area contributed by atoms with Gasteiger partial charge in [0, 0.05) is 60.1 Å². The molecule has 6 nitrogen and oxygen atoms in total. The monoisotopic (exact) mass is 632 g/mol. The van der Waals surface area contributed by atoms with Gasteiger partial charge in [0.15, 0.2) is 11.4 Å². The molecule has 46 heavy (non-hydrogen) atoms. The number of hydrogen-bond donors (Lipinski definition) is 1. The quantitative estimate of drug-likeness (QED) is 0.295. The van der Waals surface area contributed by atoms with Gasteiger partial charge in [-0.3, -0.25) is 4.79 Å². The van der Waals surface area contributed by atoms with E-state index in [1.54, 1.807) is 25.3 Å². The molecular weight excluding hydrogens is 581 g/mol. The van der Waals surface area contributed by atoms with Gasteiger partial charge < -0.3 is 32.5 Å². The highest BCUT2D eigenvalue weighted by molar-refractivity contribution is 6.58. The number of likely N-dealkylation sites (tertiary alicyclic amines) is 1. The number of carbonyl (C=O) groups excluding carboxylic acids is 1. The molecule has 0 bridgehead atoms. The zero-order valence-electron chi connectivity index (χ0n) is 29.0. The molecule has 0 saturated carbocycles. The van der Waals surface area contributed by atoms with Crippen LogP contribution in [-0.2, 0) is 22.0 Å². The molecule has 9 heteroatoms. The van der Waals surface area contributed by atoms with E-state index < -0.39 is 6.97 Å². The van der Waals surface area contributed by atoms with E-state index in [2.05, 4.69) is 63.9 Å². The maximum Gasteiger partial charge on any atom is 0.737 e. The summed E-state index contributed by atoms with van der Waals surface area (Å²) in [6, 6.07) is 7.73. The first kappa shape index (κ1) is 33.9. The lowest BCUT2D eigenvalue weighted by molar-refractivity contribution is -0.361. The molecule has 1 amide bonds. The number of piperidine rings is 1. The molecule has 1 saturated heterocycles. The molecule has 0 spiro atoms. The third-order valence-corrected chi connectivity index (χ3v) is 9.49. The van der Waals surface area contributed by atoms with Crippen LogP contribution in [0.4, 0.5) is 8.63 Å². The standard InChI is InChI=1S/C37H51BF2N4O2/c1-26-24-28(14-16-30-31(36(2,3)4)17-18-32(35(30)46-8)37(5,6)7)44-33(26)25-29-13-12-27(43(29)38(44,39)40)15-19-34(45)41-20-23-42-21-10-9-11-22-42/h12-14,16-18,24-25H,9-11,15,19-23H2,1-8H3,(H,41,45)/b16-14+. The molecule has 1 N–H and O–H groups in total. The molecule has 248 valence electrons. The third kappa shape index (κ3) is 6.80. The first-order valence-electron chi connectivity index (χ1n) is 16.8. The smallest absolute Gasteiger partial charge is 0.496 e. The van der Waals surface area contributed by atoms with E-state index in [4.69, 9.17) is 4.74 Å². The molecule has 0 aliphatic carbocycles. The topological polar surface area (TPSA) is 49.5 Å². The van der Waals surface area contributed by atoms with E-state index in [9.17, 15) is 4.79 Å². The van der Waals surface area contributed by atoms with Gasteiger partial charge in [-0.1, -0.05) is 60.1 Å². The number of carbonyl (C=O) groups is 1. The van der Waals surface area contributed by atoms with E-state index in [-0.39, 0.29) is 29.6 Å². The Bertz CT molecular complexity index is 1610. The number of hydrogen-bond acceptors (Lipinski definition) is 3. The molecule has 3 aliphatic rings. The summed E-state index contributed by atoms with van der Waals surface area (Å²) in [5.41, 5.74) is 5.35. The van der Waals surface area contributed by atoms with E-state index in [1.807, 2.05) is 25.2 Å². The summed E-state index contributed by atoms with van der Waals surface area (Å²) in [5, 5.41) is 2.99. The van der Waals surface area contributed by atoms with Crippen LogP contribution in [0.3, 0.4) is 0 Å². The van der Waals surface area contributed by atoms with Crippen molar-refractivity contribution in [2.45, 2.75) is 91.4 Å². The Hall–Kier alpha value is -3.46. The van der Waals surface area contributed by atoms with Crippen molar-refractivity contribution in [1.29, 1.82) is 0 Å². The maximum absolute atomic E-state index is 16.7. The number of fused-ring (bicyclic) bond motifs is 2. The van der Waals surface area contributed by atoms with Crippen molar-refractivity contribution >= 4 is 30.7 Å². The molecule has 0 unspecified atom stereocenters. The number of amides is 1. The van der Waals surface area contributed by atoms with Crippen molar-refractivity contribution in [3.8, 4) is 5.75 Å². The minimum absolute atomic E-state index is 0.106. The average molecular weight is 633 g/mol. The normalized spacial score (nSPS) is 18.4. The van der Waals surface area contributed by atoms with Crippen LogP contribution < -0.4 is 10.1 Å². The first-order chi connectivity index (χ1) is 21.6. The molecule has 4 heterocycles. The lowest BCUT2D eigenvalue weighted by atomic mass is 9.78. The largest absolute Gasteiger partial charge is 0.737 e. The van der Waals surface area contributed by atoms with Crippen LogP contribution in [0.5, 0.6) is 5.75 Å². The summed E-state index contributed by atoms with van der Waals surface area (Å²) >= 11 is 0. The highest BCUT2D eigenvalue weighted by Gasteiger charge is 2.53. The lowest BCUT2D eigenvalue weighted by Gasteiger charge is -2.31. The fourth-order valence-corrected chi connectivity index (χ4v) is 7.08. The van der Waals surface area contributed by atoms with E-state index in [0.717, 1.165) is 52.1 Å². The zero-order chi connectivity index (χ0) is 33.4. The summed E-state index contributed by atoms with van der Waals surface area (Å²) in [6.45, 7) is 14.1. The lowest BCUT2D eigenvalue weighted by Crippen LogP contribution is -2.50. The second kappa shape index (κ2) is 13.0. The fraction of sp³-hybridized carbons (Fsp3) is 0.514. The van der Waals surface area contributed by atoms with Gasteiger partial charge in [-0.2, -0.15) is 0 Å². The molecular formula is C37H51BF2N4O2. The number of methoxy groups -OCH3 is 1. The molecule has 1 aromatic heterocycles. The second-order valence-corrected chi connectivity index (χ2v) is 15.1. The van der Waals surface area contributed by atoms with E-state index in [0.29, 0.717) is 29.3 Å². The predicted octanol–water partition coefficient (Wildman–Crippen LogP) is 7.33. The van der Waals surface area contributed by atoms with E-state index in [1.165, 1.54) is 23.7 Å². The number of aromatic nitrogens is 1. The Morgan fingerprint density at radius 3 is 2.30 bits per heavy atom. The van der Waals surface area contributed by atoms with Gasteiger partial charge in [0.1, 0.15) is 5.75 Å². The van der Waals surface area contributed by atoms with Crippen molar-refractivity contribution in [1.82, 2.24) is 14.7 Å². The third-order valence-electron chi connectivity index (χ3n) is 9.49. The van der Waals surface area contributed by atoms with Crippen molar-refractivity contribution in [3.05, 3.63) is 75.8 Å². The van der Waals surface area contributed by atoms with Crippen LogP contribution in [0.2, 0.25) is 0 Å². The summed E-state index contributed by atoms with van der Waals surface area (Å²) < 4.78 is 41.6. The minimum atomic E-state index is -4.21. The van der Waals surface area contributed by atoms with Gasteiger partial charge >= 0.3 is 6.97 Å². The SMILES string of the molecule is COc1c(C(C)(C)C)ccc(C(C)(C)C)c1/C=C/C1=[N+]2C(=Cc3ccc(CCC(=O)NCCN4CCCCC4)n3[B-]2(F)F)C(C)=C1. The number of benzene rings is 1. The summed E-state index contributed by atoms with van der Waals surface area (Å²) in [7, 11) is 1.67. The zero-order valence-corrected chi connectivity index (χ0v) is 29.0. The highest BCUT2D eigenvalue weighted by atomic mass is 19.2.